The molecule has 9 nitrogen and oxygen atoms in total. The molecule has 1 rings (SSSR count). The van der Waals surface area contributed by atoms with E-state index in [9.17, 15) is 19.7 Å². The van der Waals surface area contributed by atoms with Gasteiger partial charge < -0.3 is 20.8 Å². The summed E-state index contributed by atoms with van der Waals surface area (Å²) in [5.74, 6) is -1.28. The lowest BCUT2D eigenvalue weighted by Gasteiger charge is -2.14. The number of aliphatic carboxylic acids is 1. The molecule has 9 heteroatoms. The summed E-state index contributed by atoms with van der Waals surface area (Å²) in [4.78, 5) is 32.7. The molecular formula is C12H15N3O6. The van der Waals surface area contributed by atoms with Gasteiger partial charge in [-0.2, -0.15) is 0 Å². The zero-order chi connectivity index (χ0) is 16.0. The van der Waals surface area contributed by atoms with Gasteiger partial charge in [0, 0.05) is 19.1 Å². The quantitative estimate of drug-likeness (QED) is 0.453. The molecule has 114 valence electrons. The van der Waals surface area contributed by atoms with Crippen LogP contribution in [-0.4, -0.2) is 39.8 Å². The van der Waals surface area contributed by atoms with Gasteiger partial charge in [0.15, 0.2) is 0 Å². The van der Waals surface area contributed by atoms with Crippen LogP contribution in [0, 0.1) is 17.0 Å². The number of aliphatic hydroxyl groups is 1. The maximum Gasteiger partial charge on any atom is 0.326 e. The van der Waals surface area contributed by atoms with E-state index in [-0.39, 0.29) is 23.4 Å². The largest absolute Gasteiger partial charge is 0.480 e. The van der Waals surface area contributed by atoms with E-state index in [4.69, 9.17) is 10.2 Å². The molecule has 0 aliphatic heterocycles. The first-order valence-corrected chi connectivity index (χ1v) is 6.02. The van der Waals surface area contributed by atoms with Gasteiger partial charge in [-0.25, -0.2) is 9.59 Å². The number of anilines is 1. The molecule has 2 amide bonds. The molecule has 1 aromatic carbocycles. The predicted molar refractivity (Wildman–Crippen MR) is 73.1 cm³/mol. The van der Waals surface area contributed by atoms with Crippen molar-refractivity contribution < 1.29 is 24.7 Å². The topological polar surface area (TPSA) is 142 Å². The number of benzene rings is 1. The number of aliphatic hydroxyl groups excluding tert-OH is 1. The molecule has 0 bridgehead atoms. The lowest BCUT2D eigenvalue weighted by atomic mass is 10.1. The first-order chi connectivity index (χ1) is 9.86. The average Bonchev–Trinajstić information content (AvgIpc) is 2.40. The monoisotopic (exact) mass is 297 g/mol. The fourth-order valence-corrected chi connectivity index (χ4v) is 1.66. The number of nitro benzene ring substituents is 1. The molecule has 0 radical (unpaired) electrons. The number of urea groups is 1. The summed E-state index contributed by atoms with van der Waals surface area (Å²) in [7, 11) is 0. The molecule has 0 unspecified atom stereocenters. The number of nitro groups is 1. The second-order valence-electron chi connectivity index (χ2n) is 4.21. The van der Waals surface area contributed by atoms with Gasteiger partial charge in [0.25, 0.3) is 5.69 Å². The van der Waals surface area contributed by atoms with Crippen LogP contribution in [-0.2, 0) is 4.79 Å². The summed E-state index contributed by atoms with van der Waals surface area (Å²) in [6.45, 7) is 1.07. The lowest BCUT2D eigenvalue weighted by Crippen LogP contribution is -2.43. The van der Waals surface area contributed by atoms with Crippen molar-refractivity contribution >= 4 is 23.4 Å². The standard InChI is InChI=1S/C12H15N3O6/c1-7-8(3-2-4-10(7)15(20)21)13-12(19)14-9(5-6-16)11(17)18/h2-4,9,16H,5-6H2,1H3,(H,17,18)(H2,13,14,19)/t9-/m1/s1. The highest BCUT2D eigenvalue weighted by atomic mass is 16.6. The van der Waals surface area contributed by atoms with Crippen LogP contribution in [0.4, 0.5) is 16.2 Å². The Morgan fingerprint density at radius 3 is 2.62 bits per heavy atom. The van der Waals surface area contributed by atoms with Crippen molar-refractivity contribution in [1.82, 2.24) is 5.32 Å². The SMILES string of the molecule is Cc1c(NC(=O)N[C@H](CCO)C(=O)O)cccc1[N+](=O)[O-]. The molecule has 4 N–H and O–H groups in total. The van der Waals surface area contributed by atoms with Crippen LogP contribution in [0.15, 0.2) is 18.2 Å². The van der Waals surface area contributed by atoms with Gasteiger partial charge in [-0.05, 0) is 13.0 Å². The van der Waals surface area contributed by atoms with Crippen LogP contribution in [0.1, 0.15) is 12.0 Å². The van der Waals surface area contributed by atoms with Crippen LogP contribution in [0.3, 0.4) is 0 Å². The van der Waals surface area contributed by atoms with Gasteiger partial charge in [0.1, 0.15) is 6.04 Å². The Bertz CT molecular complexity index is 560. The van der Waals surface area contributed by atoms with Crippen LogP contribution in [0.2, 0.25) is 0 Å². The third-order valence-electron chi connectivity index (χ3n) is 2.77. The number of carboxylic acids is 1. The molecule has 21 heavy (non-hydrogen) atoms. The van der Waals surface area contributed by atoms with Crippen LogP contribution >= 0.6 is 0 Å². The highest BCUT2D eigenvalue weighted by Gasteiger charge is 2.20. The van der Waals surface area contributed by atoms with E-state index in [1.165, 1.54) is 25.1 Å². The highest BCUT2D eigenvalue weighted by Crippen LogP contribution is 2.24. The van der Waals surface area contributed by atoms with Crippen molar-refractivity contribution in [3.63, 3.8) is 0 Å². The van der Waals surface area contributed by atoms with E-state index in [1.807, 2.05) is 0 Å². The van der Waals surface area contributed by atoms with Crippen LogP contribution < -0.4 is 10.6 Å². The number of nitrogens with zero attached hydrogens (tertiary/aromatic N) is 1. The van der Waals surface area contributed by atoms with Crippen LogP contribution in [0.5, 0.6) is 0 Å². The van der Waals surface area contributed by atoms with Gasteiger partial charge in [-0.15, -0.1) is 0 Å². The molecule has 0 spiro atoms. The molecule has 0 saturated carbocycles. The highest BCUT2D eigenvalue weighted by molar-refractivity contribution is 5.93. The van der Waals surface area contributed by atoms with Crippen LogP contribution in [0.25, 0.3) is 0 Å². The molecule has 0 aliphatic rings. The zero-order valence-corrected chi connectivity index (χ0v) is 11.2. The Kier molecular flexibility index (Phi) is 5.61. The number of carboxylic acid groups (broad SMARTS) is 1. The maximum absolute atomic E-state index is 11.7. The van der Waals surface area contributed by atoms with E-state index in [2.05, 4.69) is 10.6 Å². The molecule has 0 aromatic heterocycles. The molecular weight excluding hydrogens is 282 g/mol. The van der Waals surface area contributed by atoms with Gasteiger partial charge in [0.05, 0.1) is 16.2 Å². The van der Waals surface area contributed by atoms with E-state index in [0.29, 0.717) is 0 Å². The van der Waals surface area contributed by atoms with E-state index in [1.54, 1.807) is 0 Å². The molecule has 1 atom stereocenters. The molecule has 0 aliphatic carbocycles. The van der Waals surface area contributed by atoms with Gasteiger partial charge in [-0.1, -0.05) is 6.07 Å². The van der Waals surface area contributed by atoms with E-state index in [0.717, 1.165) is 0 Å². The van der Waals surface area contributed by atoms with Gasteiger partial charge in [0.2, 0.25) is 0 Å². The predicted octanol–water partition coefficient (Wildman–Crippen LogP) is 0.860. The van der Waals surface area contributed by atoms with Crippen molar-refractivity contribution in [2.24, 2.45) is 0 Å². The third-order valence-corrected chi connectivity index (χ3v) is 2.77. The summed E-state index contributed by atoms with van der Waals surface area (Å²) in [6, 6.07) is 2.10. The Morgan fingerprint density at radius 2 is 2.10 bits per heavy atom. The normalized spacial score (nSPS) is 11.5. The number of rotatable bonds is 6. The van der Waals surface area contributed by atoms with Crippen molar-refractivity contribution in [2.45, 2.75) is 19.4 Å². The summed E-state index contributed by atoms with van der Waals surface area (Å²) < 4.78 is 0. The third kappa shape index (κ3) is 4.42. The van der Waals surface area contributed by atoms with E-state index < -0.39 is 29.6 Å². The molecule has 0 fully saturated rings. The maximum atomic E-state index is 11.7. The van der Waals surface area contributed by atoms with Crippen molar-refractivity contribution in [2.75, 3.05) is 11.9 Å². The second-order valence-corrected chi connectivity index (χ2v) is 4.21. The summed E-state index contributed by atoms with van der Waals surface area (Å²) in [5, 5.41) is 32.9. The number of amides is 2. The Hall–Kier alpha value is -2.68. The van der Waals surface area contributed by atoms with Crippen molar-refractivity contribution in [3.8, 4) is 0 Å². The van der Waals surface area contributed by atoms with Gasteiger partial charge >= 0.3 is 12.0 Å². The first kappa shape index (κ1) is 16.4. The fourth-order valence-electron chi connectivity index (χ4n) is 1.66. The fraction of sp³-hybridized carbons (Fsp3) is 0.333. The lowest BCUT2D eigenvalue weighted by molar-refractivity contribution is -0.385. The number of nitrogens with one attached hydrogen (secondary N) is 2. The minimum atomic E-state index is -1.28. The summed E-state index contributed by atoms with van der Waals surface area (Å²) in [6.07, 6.45) is -0.142. The van der Waals surface area contributed by atoms with Crippen molar-refractivity contribution in [3.05, 3.63) is 33.9 Å². The molecule has 0 saturated heterocycles. The first-order valence-electron chi connectivity index (χ1n) is 6.02. The Balaban J connectivity index is 2.82. The summed E-state index contributed by atoms with van der Waals surface area (Å²) >= 11 is 0. The number of carbonyl (C=O) groups excluding carboxylic acids is 1. The minimum Gasteiger partial charge on any atom is -0.480 e. The Labute approximate surface area is 119 Å². The smallest absolute Gasteiger partial charge is 0.326 e. The zero-order valence-electron chi connectivity index (χ0n) is 11.2. The molecule has 0 heterocycles. The number of hydrogen-bond donors (Lipinski definition) is 4. The molecule has 1 aromatic rings. The average molecular weight is 297 g/mol. The Morgan fingerprint density at radius 1 is 1.43 bits per heavy atom. The summed E-state index contributed by atoms with van der Waals surface area (Å²) in [5.41, 5.74) is 0.305. The second kappa shape index (κ2) is 7.20. The number of hydrogen-bond acceptors (Lipinski definition) is 5. The minimum absolute atomic E-state index is 0.142. The van der Waals surface area contributed by atoms with E-state index >= 15 is 0 Å². The van der Waals surface area contributed by atoms with Gasteiger partial charge in [-0.3, -0.25) is 10.1 Å². The number of carbonyl (C=O) groups is 2. The van der Waals surface area contributed by atoms with Crippen molar-refractivity contribution in [1.29, 1.82) is 0 Å².